The van der Waals surface area contributed by atoms with Crippen LogP contribution in [-0.2, 0) is 0 Å². The molecule has 0 radical (unpaired) electrons. The molecule has 4 heteroatoms. The van der Waals surface area contributed by atoms with Gasteiger partial charge in [-0.15, -0.1) is 0 Å². The van der Waals surface area contributed by atoms with Crippen molar-refractivity contribution < 1.29 is 0 Å². The first kappa shape index (κ1) is 13.8. The Kier molecular flexibility index (Phi) is 4.08. The van der Waals surface area contributed by atoms with Gasteiger partial charge in [-0.05, 0) is 43.7 Å². The molecule has 2 nitrogen and oxygen atoms in total. The monoisotopic (exact) mass is 290 g/mol. The Morgan fingerprint density at radius 1 is 1.05 bits per heavy atom. The summed E-state index contributed by atoms with van der Waals surface area (Å²) >= 11 is 11.3. The SMILES string of the molecule is Cc1ccc(Nc2ccc(C)cc2C(N)=S)c(Cl)c1. The standard InChI is InChI=1S/C15H15ClN2S/c1-9-3-5-13(11(7-9)15(17)19)18-14-6-4-10(2)8-12(14)16/h3-8,18H,1-2H3,(H2,17,19). The zero-order valence-electron chi connectivity index (χ0n) is 10.8. The topological polar surface area (TPSA) is 38.0 Å². The summed E-state index contributed by atoms with van der Waals surface area (Å²) in [6, 6.07) is 11.8. The average Bonchev–Trinajstić information content (AvgIpc) is 2.34. The molecule has 2 aromatic carbocycles. The summed E-state index contributed by atoms with van der Waals surface area (Å²) in [5.41, 5.74) is 10.5. The minimum Gasteiger partial charge on any atom is -0.389 e. The van der Waals surface area contributed by atoms with Crippen molar-refractivity contribution >= 4 is 40.2 Å². The van der Waals surface area contributed by atoms with Gasteiger partial charge in [0.15, 0.2) is 0 Å². The van der Waals surface area contributed by atoms with E-state index in [1.54, 1.807) is 0 Å². The molecule has 0 unspecified atom stereocenters. The van der Waals surface area contributed by atoms with Gasteiger partial charge in [-0.2, -0.15) is 0 Å². The van der Waals surface area contributed by atoms with E-state index in [1.807, 2.05) is 50.2 Å². The molecule has 0 aromatic heterocycles. The molecule has 0 heterocycles. The third kappa shape index (κ3) is 3.25. The van der Waals surface area contributed by atoms with E-state index in [2.05, 4.69) is 5.32 Å². The summed E-state index contributed by atoms with van der Waals surface area (Å²) in [7, 11) is 0. The first-order valence-electron chi connectivity index (χ1n) is 5.91. The summed E-state index contributed by atoms with van der Waals surface area (Å²) in [6.45, 7) is 4.01. The molecule has 2 aromatic rings. The second-order valence-corrected chi connectivity index (χ2v) is 5.37. The fourth-order valence-electron chi connectivity index (χ4n) is 1.84. The maximum Gasteiger partial charge on any atom is 0.106 e. The molecule has 0 spiro atoms. The molecule has 0 fully saturated rings. The number of nitrogens with one attached hydrogen (secondary N) is 1. The Bertz CT molecular complexity index is 638. The maximum atomic E-state index is 6.22. The molecule has 0 aliphatic heterocycles. The molecule has 0 amide bonds. The highest BCUT2D eigenvalue weighted by Crippen LogP contribution is 2.28. The van der Waals surface area contributed by atoms with Crippen molar-refractivity contribution in [2.45, 2.75) is 13.8 Å². The van der Waals surface area contributed by atoms with Crippen LogP contribution in [0.4, 0.5) is 11.4 Å². The van der Waals surface area contributed by atoms with Gasteiger partial charge < -0.3 is 11.1 Å². The minimum absolute atomic E-state index is 0.370. The molecule has 3 N–H and O–H groups in total. The summed E-state index contributed by atoms with van der Waals surface area (Å²) in [5, 5.41) is 3.95. The number of hydrogen-bond donors (Lipinski definition) is 2. The molecule has 2 rings (SSSR count). The van der Waals surface area contributed by atoms with Gasteiger partial charge in [0.1, 0.15) is 4.99 Å². The van der Waals surface area contributed by atoms with Crippen molar-refractivity contribution in [3.8, 4) is 0 Å². The molecule has 0 bridgehead atoms. The summed E-state index contributed by atoms with van der Waals surface area (Å²) in [5.74, 6) is 0. The Balaban J connectivity index is 2.40. The van der Waals surface area contributed by atoms with Crippen LogP contribution in [0, 0.1) is 13.8 Å². The lowest BCUT2D eigenvalue weighted by molar-refractivity contribution is 1.42. The van der Waals surface area contributed by atoms with Gasteiger partial charge in [0.05, 0.1) is 10.7 Å². The molecule has 0 saturated carbocycles. The summed E-state index contributed by atoms with van der Waals surface area (Å²) < 4.78 is 0. The third-order valence-electron chi connectivity index (χ3n) is 2.83. The lowest BCUT2D eigenvalue weighted by Crippen LogP contribution is -2.12. The van der Waals surface area contributed by atoms with Crippen LogP contribution in [0.3, 0.4) is 0 Å². The van der Waals surface area contributed by atoms with Gasteiger partial charge in [0.25, 0.3) is 0 Å². The number of halogens is 1. The van der Waals surface area contributed by atoms with Crippen molar-refractivity contribution in [2.75, 3.05) is 5.32 Å². The normalized spacial score (nSPS) is 10.3. The second kappa shape index (κ2) is 5.59. The van der Waals surface area contributed by atoms with Crippen LogP contribution in [0.15, 0.2) is 36.4 Å². The Morgan fingerprint density at radius 2 is 1.63 bits per heavy atom. The number of anilines is 2. The van der Waals surface area contributed by atoms with E-state index in [1.165, 1.54) is 0 Å². The minimum atomic E-state index is 0.370. The Morgan fingerprint density at radius 3 is 2.21 bits per heavy atom. The molecule has 0 atom stereocenters. The largest absolute Gasteiger partial charge is 0.389 e. The molecule has 98 valence electrons. The quantitative estimate of drug-likeness (QED) is 0.826. The molecule has 19 heavy (non-hydrogen) atoms. The second-order valence-electron chi connectivity index (χ2n) is 4.52. The fraction of sp³-hybridized carbons (Fsp3) is 0.133. The van der Waals surface area contributed by atoms with Gasteiger partial charge >= 0.3 is 0 Å². The molecule has 0 aliphatic rings. The van der Waals surface area contributed by atoms with Crippen LogP contribution < -0.4 is 11.1 Å². The number of hydrogen-bond acceptors (Lipinski definition) is 2. The number of rotatable bonds is 3. The van der Waals surface area contributed by atoms with E-state index < -0.39 is 0 Å². The van der Waals surface area contributed by atoms with Gasteiger partial charge in [-0.3, -0.25) is 0 Å². The zero-order chi connectivity index (χ0) is 14.0. The van der Waals surface area contributed by atoms with Crippen molar-refractivity contribution in [1.82, 2.24) is 0 Å². The smallest absolute Gasteiger partial charge is 0.106 e. The van der Waals surface area contributed by atoms with E-state index in [0.717, 1.165) is 28.1 Å². The van der Waals surface area contributed by atoms with E-state index in [-0.39, 0.29) is 0 Å². The first-order chi connectivity index (χ1) is 8.97. The van der Waals surface area contributed by atoms with Gasteiger partial charge in [0.2, 0.25) is 0 Å². The van der Waals surface area contributed by atoms with Crippen molar-refractivity contribution in [3.63, 3.8) is 0 Å². The predicted octanol–water partition coefficient (Wildman–Crippen LogP) is 4.33. The third-order valence-corrected chi connectivity index (χ3v) is 3.37. The Hall–Kier alpha value is -1.58. The van der Waals surface area contributed by atoms with Crippen LogP contribution in [0.5, 0.6) is 0 Å². The van der Waals surface area contributed by atoms with Crippen LogP contribution in [0.25, 0.3) is 0 Å². The maximum absolute atomic E-state index is 6.22. The van der Waals surface area contributed by atoms with Gasteiger partial charge in [-0.1, -0.05) is 41.5 Å². The lowest BCUT2D eigenvalue weighted by Gasteiger charge is -2.13. The lowest BCUT2D eigenvalue weighted by atomic mass is 10.1. The molecular weight excluding hydrogens is 276 g/mol. The van der Waals surface area contributed by atoms with E-state index >= 15 is 0 Å². The van der Waals surface area contributed by atoms with Crippen molar-refractivity contribution in [2.24, 2.45) is 5.73 Å². The predicted molar refractivity (Wildman–Crippen MR) is 86.5 cm³/mol. The van der Waals surface area contributed by atoms with Crippen LogP contribution in [0.2, 0.25) is 5.02 Å². The fourth-order valence-corrected chi connectivity index (χ4v) is 2.29. The Labute approximate surface area is 123 Å². The molecular formula is C15H15ClN2S. The summed E-state index contributed by atoms with van der Waals surface area (Å²) in [4.78, 5) is 0.370. The highest BCUT2D eigenvalue weighted by Gasteiger charge is 2.08. The highest BCUT2D eigenvalue weighted by molar-refractivity contribution is 7.80. The zero-order valence-corrected chi connectivity index (χ0v) is 12.4. The van der Waals surface area contributed by atoms with E-state index in [0.29, 0.717) is 10.0 Å². The van der Waals surface area contributed by atoms with Crippen LogP contribution in [-0.4, -0.2) is 4.99 Å². The first-order valence-corrected chi connectivity index (χ1v) is 6.69. The van der Waals surface area contributed by atoms with Crippen molar-refractivity contribution in [3.05, 3.63) is 58.1 Å². The highest BCUT2D eigenvalue weighted by atomic mass is 35.5. The number of aryl methyl sites for hydroxylation is 2. The average molecular weight is 291 g/mol. The molecule has 0 saturated heterocycles. The van der Waals surface area contributed by atoms with Gasteiger partial charge in [-0.25, -0.2) is 0 Å². The van der Waals surface area contributed by atoms with E-state index in [9.17, 15) is 0 Å². The van der Waals surface area contributed by atoms with Crippen LogP contribution in [0.1, 0.15) is 16.7 Å². The molecule has 0 aliphatic carbocycles. The number of nitrogens with two attached hydrogens (primary N) is 1. The number of benzene rings is 2. The van der Waals surface area contributed by atoms with Crippen molar-refractivity contribution in [1.29, 1.82) is 0 Å². The van der Waals surface area contributed by atoms with E-state index in [4.69, 9.17) is 29.6 Å². The van der Waals surface area contributed by atoms with Crippen LogP contribution >= 0.6 is 23.8 Å². The summed E-state index contributed by atoms with van der Waals surface area (Å²) in [6.07, 6.45) is 0. The van der Waals surface area contributed by atoms with Gasteiger partial charge in [0, 0.05) is 11.3 Å². The number of thiocarbonyl (C=S) groups is 1.